The van der Waals surface area contributed by atoms with Crippen LogP contribution in [-0.4, -0.2) is 8.94 Å². The lowest BCUT2D eigenvalue weighted by Gasteiger charge is -2.04. The van der Waals surface area contributed by atoms with E-state index in [4.69, 9.17) is 0 Å². The van der Waals surface area contributed by atoms with E-state index in [9.17, 15) is 4.79 Å². The fourth-order valence-corrected chi connectivity index (χ4v) is 2.90. The lowest BCUT2D eigenvalue weighted by molar-refractivity contribution is 0.989. The van der Waals surface area contributed by atoms with Crippen LogP contribution in [0.25, 0.3) is 21.1 Å². The molecule has 0 saturated carbocycles. The molecule has 0 radical (unpaired) electrons. The Balaban J connectivity index is 2.61. The van der Waals surface area contributed by atoms with Gasteiger partial charge in [-0.3, -0.25) is 8.75 Å². The number of aromatic nitrogens is 2. The third-order valence-electron chi connectivity index (χ3n) is 3.11. The molecule has 0 aliphatic heterocycles. The molecule has 2 heterocycles. The van der Waals surface area contributed by atoms with Gasteiger partial charge in [0.25, 0.3) is 5.56 Å². The van der Waals surface area contributed by atoms with Crippen LogP contribution in [0.15, 0.2) is 23.0 Å². The largest absolute Gasteiger partial charge is 0.269 e. The maximum Gasteiger partial charge on any atom is 0.269 e. The third kappa shape index (κ3) is 1.41. The molecule has 4 heteroatoms. The van der Waals surface area contributed by atoms with Crippen LogP contribution in [-0.2, 0) is 7.05 Å². The summed E-state index contributed by atoms with van der Waals surface area (Å²) in [5.74, 6) is 0. The second-order valence-corrected chi connectivity index (χ2v) is 5.45. The Bertz CT molecular complexity index is 798. The van der Waals surface area contributed by atoms with Crippen molar-refractivity contribution in [3.8, 4) is 0 Å². The highest BCUT2D eigenvalue weighted by Crippen LogP contribution is 2.25. The number of benzene rings is 1. The molecule has 86 valence electrons. The van der Waals surface area contributed by atoms with E-state index in [0.29, 0.717) is 0 Å². The maximum atomic E-state index is 11.9. The van der Waals surface area contributed by atoms with Crippen molar-refractivity contribution in [2.45, 2.75) is 13.8 Å². The van der Waals surface area contributed by atoms with Gasteiger partial charge < -0.3 is 0 Å². The fourth-order valence-electron chi connectivity index (χ4n) is 2.08. The van der Waals surface area contributed by atoms with E-state index in [1.165, 1.54) is 11.5 Å². The molecule has 0 N–H and O–H groups in total. The second-order valence-electron chi connectivity index (χ2n) is 4.33. The zero-order chi connectivity index (χ0) is 12.2. The highest BCUT2D eigenvalue weighted by Gasteiger charge is 2.10. The number of aryl methyl sites for hydroxylation is 3. The van der Waals surface area contributed by atoms with Gasteiger partial charge in [0.05, 0.1) is 10.9 Å². The van der Waals surface area contributed by atoms with Crippen LogP contribution in [0, 0.1) is 13.8 Å². The first-order valence-electron chi connectivity index (χ1n) is 5.45. The van der Waals surface area contributed by atoms with Gasteiger partial charge in [0.2, 0.25) is 0 Å². The zero-order valence-corrected chi connectivity index (χ0v) is 10.8. The van der Waals surface area contributed by atoms with E-state index in [0.717, 1.165) is 32.2 Å². The molecule has 17 heavy (non-hydrogen) atoms. The Morgan fingerprint density at radius 3 is 2.65 bits per heavy atom. The number of hydrogen-bond donors (Lipinski definition) is 0. The molecular weight excluding hydrogens is 232 g/mol. The van der Waals surface area contributed by atoms with E-state index in [1.807, 2.05) is 19.9 Å². The van der Waals surface area contributed by atoms with Crippen molar-refractivity contribution in [1.82, 2.24) is 8.94 Å². The number of nitrogens with zero attached hydrogens (tertiary/aromatic N) is 2. The van der Waals surface area contributed by atoms with E-state index in [2.05, 4.69) is 17.1 Å². The third-order valence-corrected chi connectivity index (χ3v) is 4.03. The molecule has 0 fully saturated rings. The molecule has 0 spiro atoms. The van der Waals surface area contributed by atoms with Gasteiger partial charge in [0.1, 0.15) is 4.83 Å². The number of hydrogen-bond acceptors (Lipinski definition) is 3. The minimum Gasteiger partial charge on any atom is -0.268 e. The predicted octanol–water partition coefficient (Wildman–Crippen LogP) is 2.77. The molecule has 0 bridgehead atoms. The second kappa shape index (κ2) is 3.40. The summed E-state index contributed by atoms with van der Waals surface area (Å²) in [6.07, 6.45) is 0. The van der Waals surface area contributed by atoms with Gasteiger partial charge in [-0.05, 0) is 42.6 Å². The molecule has 0 amide bonds. The smallest absolute Gasteiger partial charge is 0.268 e. The van der Waals surface area contributed by atoms with Gasteiger partial charge in [-0.25, -0.2) is 4.98 Å². The van der Waals surface area contributed by atoms with Gasteiger partial charge in [0.15, 0.2) is 0 Å². The minimum atomic E-state index is 0.0420. The van der Waals surface area contributed by atoms with Crippen molar-refractivity contribution >= 4 is 32.7 Å². The van der Waals surface area contributed by atoms with Crippen LogP contribution in [0.1, 0.15) is 11.1 Å². The Kier molecular flexibility index (Phi) is 2.10. The lowest BCUT2D eigenvalue weighted by Crippen LogP contribution is -2.07. The topological polar surface area (TPSA) is 34.9 Å². The molecule has 3 aromatic rings. The summed E-state index contributed by atoms with van der Waals surface area (Å²) in [4.78, 5) is 17.3. The normalized spacial score (nSPS) is 11.5. The molecule has 2 aromatic heterocycles. The van der Waals surface area contributed by atoms with Gasteiger partial charge >= 0.3 is 0 Å². The van der Waals surface area contributed by atoms with Crippen molar-refractivity contribution in [2.24, 2.45) is 7.05 Å². The number of rotatable bonds is 0. The Labute approximate surface area is 102 Å². The minimum absolute atomic E-state index is 0.0420. The van der Waals surface area contributed by atoms with Gasteiger partial charge in [0, 0.05) is 12.4 Å². The molecule has 0 saturated heterocycles. The molecule has 0 atom stereocenters. The van der Waals surface area contributed by atoms with E-state index in [-0.39, 0.29) is 5.56 Å². The Hall–Kier alpha value is -1.68. The molecule has 3 rings (SSSR count). The van der Waals surface area contributed by atoms with Gasteiger partial charge in [-0.2, -0.15) is 0 Å². The first kappa shape index (κ1) is 10.5. The van der Waals surface area contributed by atoms with Gasteiger partial charge in [-0.15, -0.1) is 0 Å². The summed E-state index contributed by atoms with van der Waals surface area (Å²) in [6, 6.07) is 6.11. The molecule has 1 aromatic carbocycles. The fraction of sp³-hybridized carbons (Fsp3) is 0.231. The van der Waals surface area contributed by atoms with Crippen molar-refractivity contribution < 1.29 is 0 Å². The summed E-state index contributed by atoms with van der Waals surface area (Å²) in [6.45, 7) is 4.10. The van der Waals surface area contributed by atoms with Crippen LogP contribution in [0.2, 0.25) is 0 Å². The monoisotopic (exact) mass is 244 g/mol. The highest BCUT2D eigenvalue weighted by atomic mass is 32.1. The van der Waals surface area contributed by atoms with E-state index in [1.54, 1.807) is 11.0 Å². The summed E-state index contributed by atoms with van der Waals surface area (Å²) in [7, 11) is 1.78. The predicted molar refractivity (Wildman–Crippen MR) is 71.8 cm³/mol. The first-order chi connectivity index (χ1) is 8.08. The zero-order valence-electron chi connectivity index (χ0n) is 9.94. The Morgan fingerprint density at radius 2 is 1.88 bits per heavy atom. The van der Waals surface area contributed by atoms with Crippen LogP contribution >= 0.6 is 11.5 Å². The summed E-state index contributed by atoms with van der Waals surface area (Å²) in [5.41, 5.74) is 3.35. The maximum absolute atomic E-state index is 11.9. The van der Waals surface area contributed by atoms with E-state index < -0.39 is 0 Å². The highest BCUT2D eigenvalue weighted by molar-refractivity contribution is 7.13. The summed E-state index contributed by atoms with van der Waals surface area (Å²) < 4.78 is 1.63. The lowest BCUT2D eigenvalue weighted by atomic mass is 10.1. The summed E-state index contributed by atoms with van der Waals surface area (Å²) in [5, 5.41) is 1.80. The standard InChI is InChI=1S/C13H12N2OS/c1-7-4-5-8(2)11-9(7)6-10-12(14-11)17-15(3)13(10)16/h4-6H,1-3H3. The average Bonchev–Trinajstić information content (AvgIpc) is 2.59. The number of pyridine rings is 1. The van der Waals surface area contributed by atoms with Crippen molar-refractivity contribution in [2.75, 3.05) is 0 Å². The Morgan fingerprint density at radius 1 is 1.18 bits per heavy atom. The quantitative estimate of drug-likeness (QED) is 0.609. The first-order valence-corrected chi connectivity index (χ1v) is 6.22. The van der Waals surface area contributed by atoms with Crippen LogP contribution in [0.5, 0.6) is 0 Å². The van der Waals surface area contributed by atoms with Crippen LogP contribution in [0.4, 0.5) is 0 Å². The molecular formula is C13H12N2OS. The summed E-state index contributed by atoms with van der Waals surface area (Å²) >= 11 is 1.40. The van der Waals surface area contributed by atoms with Crippen LogP contribution < -0.4 is 5.56 Å². The molecule has 0 aliphatic carbocycles. The molecule has 3 nitrogen and oxygen atoms in total. The molecule has 0 aliphatic rings. The van der Waals surface area contributed by atoms with E-state index >= 15 is 0 Å². The van der Waals surface area contributed by atoms with Crippen molar-refractivity contribution in [3.05, 3.63) is 39.7 Å². The van der Waals surface area contributed by atoms with Gasteiger partial charge in [-0.1, -0.05) is 12.1 Å². The molecule has 0 unspecified atom stereocenters. The number of fused-ring (bicyclic) bond motifs is 2. The average molecular weight is 244 g/mol. The van der Waals surface area contributed by atoms with Crippen molar-refractivity contribution in [3.63, 3.8) is 0 Å². The van der Waals surface area contributed by atoms with Crippen molar-refractivity contribution in [1.29, 1.82) is 0 Å². The van der Waals surface area contributed by atoms with Crippen LogP contribution in [0.3, 0.4) is 0 Å². The SMILES string of the molecule is Cc1ccc(C)c2nc3sn(C)c(=O)c3cc12.